The molecule has 1 aromatic carbocycles. The average molecular weight is 287 g/mol. The Bertz CT molecular complexity index is 787. The van der Waals surface area contributed by atoms with E-state index < -0.39 is 34.7 Å². The van der Waals surface area contributed by atoms with E-state index in [1.807, 2.05) is 0 Å². The van der Waals surface area contributed by atoms with Gasteiger partial charge in [-0.15, -0.1) is 0 Å². The molecule has 0 bridgehead atoms. The molecule has 2 rings (SSSR count). The topological polar surface area (TPSA) is 70.0 Å². The fourth-order valence-electron chi connectivity index (χ4n) is 2.14. The standard InChI is InChI=1S/C12H12F3N3O2/c1-6(16)18-10(19)7-4-3-5-8(12(13,14)15)9(7)17(2)11(18)20/h3-6H,16H2,1-2H3. The fourth-order valence-corrected chi connectivity index (χ4v) is 2.14. The summed E-state index contributed by atoms with van der Waals surface area (Å²) in [5, 5.41) is -0.195. The molecule has 0 spiro atoms. The molecule has 0 amide bonds. The summed E-state index contributed by atoms with van der Waals surface area (Å²) < 4.78 is 40.4. The number of benzene rings is 1. The molecule has 1 unspecified atom stereocenters. The Morgan fingerprint density at radius 3 is 2.35 bits per heavy atom. The molecule has 2 aromatic rings. The highest BCUT2D eigenvalue weighted by molar-refractivity contribution is 5.82. The lowest BCUT2D eigenvalue weighted by Crippen LogP contribution is -2.43. The molecule has 1 heterocycles. The largest absolute Gasteiger partial charge is 0.418 e. The molecule has 0 fully saturated rings. The molecule has 1 aromatic heterocycles. The van der Waals surface area contributed by atoms with Crippen molar-refractivity contribution >= 4 is 10.9 Å². The van der Waals surface area contributed by atoms with Crippen LogP contribution in [0.25, 0.3) is 10.9 Å². The van der Waals surface area contributed by atoms with Crippen LogP contribution in [-0.4, -0.2) is 9.13 Å². The molecular formula is C12H12F3N3O2. The minimum Gasteiger partial charge on any atom is -0.311 e. The first kappa shape index (κ1) is 14.3. The summed E-state index contributed by atoms with van der Waals surface area (Å²) in [5.41, 5.74) is 2.35. The molecule has 0 aliphatic carbocycles. The van der Waals surface area contributed by atoms with Crippen molar-refractivity contribution in [1.29, 1.82) is 0 Å². The van der Waals surface area contributed by atoms with Crippen molar-refractivity contribution in [1.82, 2.24) is 9.13 Å². The van der Waals surface area contributed by atoms with Gasteiger partial charge in [-0.2, -0.15) is 13.2 Å². The van der Waals surface area contributed by atoms with Gasteiger partial charge in [-0.1, -0.05) is 6.07 Å². The maximum Gasteiger partial charge on any atom is 0.418 e. The van der Waals surface area contributed by atoms with Crippen molar-refractivity contribution in [3.8, 4) is 0 Å². The minimum absolute atomic E-state index is 0.195. The fraction of sp³-hybridized carbons (Fsp3) is 0.333. The molecule has 0 saturated heterocycles. The SMILES string of the molecule is CC(N)n1c(=O)c2cccc(C(F)(F)F)c2n(C)c1=O. The number of hydrogen-bond acceptors (Lipinski definition) is 3. The zero-order valence-electron chi connectivity index (χ0n) is 10.7. The second kappa shape index (κ2) is 4.48. The molecule has 0 saturated carbocycles. The number of nitrogens with zero attached hydrogens (tertiary/aromatic N) is 2. The molecule has 0 aliphatic heterocycles. The highest BCUT2D eigenvalue weighted by atomic mass is 19.4. The lowest BCUT2D eigenvalue weighted by Gasteiger charge is -2.16. The summed E-state index contributed by atoms with van der Waals surface area (Å²) in [5.74, 6) is 0. The predicted molar refractivity (Wildman–Crippen MR) is 67.3 cm³/mol. The van der Waals surface area contributed by atoms with E-state index in [2.05, 4.69) is 0 Å². The third-order valence-electron chi connectivity index (χ3n) is 3.03. The summed E-state index contributed by atoms with van der Waals surface area (Å²) in [6.45, 7) is 1.41. The van der Waals surface area contributed by atoms with Crippen LogP contribution in [0, 0.1) is 0 Å². The molecule has 8 heteroatoms. The van der Waals surface area contributed by atoms with Crippen LogP contribution in [0.15, 0.2) is 27.8 Å². The number of hydrogen-bond donors (Lipinski definition) is 1. The first-order chi connectivity index (χ1) is 9.16. The second-order valence-electron chi connectivity index (χ2n) is 4.46. The van der Waals surface area contributed by atoms with E-state index in [0.29, 0.717) is 0 Å². The van der Waals surface area contributed by atoms with Crippen LogP contribution in [0.2, 0.25) is 0 Å². The van der Waals surface area contributed by atoms with Gasteiger partial charge in [0.15, 0.2) is 0 Å². The molecule has 2 N–H and O–H groups in total. The molecule has 1 atom stereocenters. The monoisotopic (exact) mass is 287 g/mol. The number of para-hydroxylation sites is 1. The Kier molecular flexibility index (Phi) is 3.21. The van der Waals surface area contributed by atoms with E-state index in [9.17, 15) is 22.8 Å². The van der Waals surface area contributed by atoms with Crippen LogP contribution in [0.4, 0.5) is 13.2 Å². The van der Waals surface area contributed by atoms with Crippen LogP contribution >= 0.6 is 0 Å². The Hall–Kier alpha value is -2.09. The number of fused-ring (bicyclic) bond motifs is 1. The number of aryl methyl sites for hydroxylation is 1. The second-order valence-corrected chi connectivity index (χ2v) is 4.46. The summed E-state index contributed by atoms with van der Waals surface area (Å²) in [7, 11) is 1.18. The highest BCUT2D eigenvalue weighted by Gasteiger charge is 2.34. The molecule has 20 heavy (non-hydrogen) atoms. The third-order valence-corrected chi connectivity index (χ3v) is 3.03. The quantitative estimate of drug-likeness (QED) is 0.856. The van der Waals surface area contributed by atoms with Gasteiger partial charge < -0.3 is 5.73 Å². The van der Waals surface area contributed by atoms with Crippen LogP contribution in [0.5, 0.6) is 0 Å². The summed E-state index contributed by atoms with van der Waals surface area (Å²) in [6.07, 6.45) is -5.59. The highest BCUT2D eigenvalue weighted by Crippen LogP contribution is 2.33. The van der Waals surface area contributed by atoms with E-state index in [-0.39, 0.29) is 5.39 Å². The number of aromatic nitrogens is 2. The van der Waals surface area contributed by atoms with Gasteiger partial charge in [-0.25, -0.2) is 9.36 Å². The van der Waals surface area contributed by atoms with Crippen LogP contribution in [0.3, 0.4) is 0 Å². The smallest absolute Gasteiger partial charge is 0.311 e. The van der Waals surface area contributed by atoms with Crippen LogP contribution < -0.4 is 17.0 Å². The predicted octanol–water partition coefficient (Wildman–Crippen LogP) is 1.20. The van der Waals surface area contributed by atoms with Crippen molar-refractivity contribution in [2.75, 3.05) is 0 Å². The Labute approximate surface area is 111 Å². The van der Waals surface area contributed by atoms with Gasteiger partial charge in [-0.05, 0) is 19.1 Å². The van der Waals surface area contributed by atoms with Crippen LogP contribution in [-0.2, 0) is 13.2 Å². The van der Waals surface area contributed by atoms with E-state index in [0.717, 1.165) is 21.3 Å². The molecule has 0 radical (unpaired) electrons. The van der Waals surface area contributed by atoms with E-state index in [4.69, 9.17) is 5.73 Å². The Morgan fingerprint density at radius 1 is 1.25 bits per heavy atom. The summed E-state index contributed by atoms with van der Waals surface area (Å²) in [6, 6.07) is 3.20. The molecule has 108 valence electrons. The maximum absolute atomic E-state index is 13.0. The van der Waals surface area contributed by atoms with Gasteiger partial charge in [0.2, 0.25) is 0 Å². The van der Waals surface area contributed by atoms with E-state index >= 15 is 0 Å². The number of halogens is 3. The van der Waals surface area contributed by atoms with E-state index in [1.54, 1.807) is 0 Å². The van der Waals surface area contributed by atoms with Crippen molar-refractivity contribution in [2.45, 2.75) is 19.3 Å². The Balaban J connectivity index is 3.09. The van der Waals surface area contributed by atoms with Gasteiger partial charge in [0, 0.05) is 7.05 Å². The first-order valence-electron chi connectivity index (χ1n) is 5.73. The third kappa shape index (κ3) is 2.01. The molecule has 0 aliphatic rings. The Morgan fingerprint density at radius 2 is 1.85 bits per heavy atom. The lowest BCUT2D eigenvalue weighted by molar-refractivity contribution is -0.136. The number of nitrogens with two attached hydrogens (primary N) is 1. The molecular weight excluding hydrogens is 275 g/mol. The van der Waals surface area contributed by atoms with Gasteiger partial charge in [-0.3, -0.25) is 9.36 Å². The lowest BCUT2D eigenvalue weighted by atomic mass is 10.1. The van der Waals surface area contributed by atoms with Crippen molar-refractivity contribution in [3.63, 3.8) is 0 Å². The zero-order chi connectivity index (χ0) is 15.2. The van der Waals surface area contributed by atoms with Gasteiger partial charge in [0.05, 0.1) is 22.6 Å². The average Bonchev–Trinajstić information content (AvgIpc) is 2.34. The van der Waals surface area contributed by atoms with Crippen molar-refractivity contribution in [3.05, 3.63) is 44.6 Å². The molecule has 5 nitrogen and oxygen atoms in total. The van der Waals surface area contributed by atoms with Crippen LogP contribution in [0.1, 0.15) is 18.7 Å². The summed E-state index contributed by atoms with van der Waals surface area (Å²) in [4.78, 5) is 24.1. The zero-order valence-corrected chi connectivity index (χ0v) is 10.7. The normalized spacial score (nSPS) is 13.7. The van der Waals surface area contributed by atoms with Crippen molar-refractivity contribution in [2.24, 2.45) is 12.8 Å². The first-order valence-corrected chi connectivity index (χ1v) is 5.73. The van der Waals surface area contributed by atoms with Gasteiger partial charge in [0.25, 0.3) is 5.56 Å². The number of alkyl halides is 3. The van der Waals surface area contributed by atoms with Gasteiger partial charge >= 0.3 is 11.9 Å². The van der Waals surface area contributed by atoms with Crippen molar-refractivity contribution < 1.29 is 13.2 Å². The van der Waals surface area contributed by atoms with E-state index in [1.165, 1.54) is 20.0 Å². The number of rotatable bonds is 1. The summed E-state index contributed by atoms with van der Waals surface area (Å²) >= 11 is 0. The maximum atomic E-state index is 13.0. The minimum atomic E-state index is -4.66. The van der Waals surface area contributed by atoms with Gasteiger partial charge in [0.1, 0.15) is 0 Å².